The van der Waals surface area contributed by atoms with E-state index in [0.29, 0.717) is 11.8 Å². The summed E-state index contributed by atoms with van der Waals surface area (Å²) in [5.41, 5.74) is 0.149. The molecular weight excluding hydrogens is 278 g/mol. The van der Waals surface area contributed by atoms with Crippen LogP contribution in [0, 0.1) is 11.3 Å². The summed E-state index contributed by atoms with van der Waals surface area (Å²) in [6.45, 7) is 0. The first-order chi connectivity index (χ1) is 8.70. The van der Waals surface area contributed by atoms with Gasteiger partial charge in [-0.25, -0.2) is 0 Å². The van der Waals surface area contributed by atoms with Crippen LogP contribution in [0.2, 0.25) is 0 Å². The average Bonchev–Trinajstić information content (AvgIpc) is 2.72. The molecule has 0 N–H and O–H groups in total. The van der Waals surface area contributed by atoms with Crippen LogP contribution < -0.4 is 4.74 Å². The first kappa shape index (κ1) is 13.6. The summed E-state index contributed by atoms with van der Waals surface area (Å²) in [7, 11) is 0. The molecule has 1 heterocycles. The Morgan fingerprint density at radius 1 is 1.39 bits per heavy atom. The van der Waals surface area contributed by atoms with Gasteiger partial charge in [0.15, 0.2) is 0 Å². The molecule has 1 aromatic rings. The first-order valence-electron chi connectivity index (χ1n) is 5.72. The summed E-state index contributed by atoms with van der Waals surface area (Å²) >= 11 is 1.26. The third kappa shape index (κ3) is 3.33. The molecule has 0 atom stereocenters. The van der Waals surface area contributed by atoms with Gasteiger partial charge in [-0.3, -0.25) is 0 Å². The van der Waals surface area contributed by atoms with Crippen molar-refractivity contribution in [1.29, 1.82) is 5.26 Å². The normalized spacial score (nSPS) is 16.8. The van der Waals surface area contributed by atoms with E-state index in [9.17, 15) is 8.78 Å². The summed E-state index contributed by atoms with van der Waals surface area (Å²) in [6, 6.07) is 1.91. The molecule has 0 bridgehead atoms. The topological polar surface area (TPSA) is 45.9 Å². The van der Waals surface area contributed by atoms with Crippen molar-refractivity contribution in [1.82, 2.24) is 4.37 Å². The highest BCUT2D eigenvalue weighted by atomic mass is 32.2. The largest absolute Gasteiger partial charge is 0.473 e. The van der Waals surface area contributed by atoms with Gasteiger partial charge in [-0.2, -0.15) is 18.4 Å². The number of ether oxygens (including phenoxy) is 1. The fourth-order valence-electron chi connectivity index (χ4n) is 1.94. The van der Waals surface area contributed by atoms with Crippen LogP contribution in [0.1, 0.15) is 37.7 Å². The van der Waals surface area contributed by atoms with E-state index in [2.05, 4.69) is 4.37 Å². The zero-order valence-corrected chi connectivity index (χ0v) is 11.2. The number of thioether (sulfide) groups is 1. The molecule has 2 rings (SSSR count). The van der Waals surface area contributed by atoms with Crippen molar-refractivity contribution in [3.05, 3.63) is 5.56 Å². The molecule has 0 amide bonds. The smallest absolute Gasteiger partial charge is 0.289 e. The Kier molecular flexibility index (Phi) is 4.78. The quantitative estimate of drug-likeness (QED) is 0.785. The second-order valence-corrected chi connectivity index (χ2v) is 6.05. The Bertz CT molecular complexity index is 439. The zero-order chi connectivity index (χ0) is 13.0. The summed E-state index contributed by atoms with van der Waals surface area (Å²) in [4.78, 5) is 0. The number of hydrogen-bond donors (Lipinski definition) is 0. The molecular formula is C11H12F2N2OS2. The van der Waals surface area contributed by atoms with Crippen molar-refractivity contribution in [2.75, 3.05) is 0 Å². The highest BCUT2D eigenvalue weighted by Gasteiger charge is 2.22. The minimum atomic E-state index is -2.54. The summed E-state index contributed by atoms with van der Waals surface area (Å²) < 4.78 is 34.5. The number of nitrogens with zero attached hydrogens (tertiary/aromatic N) is 2. The van der Waals surface area contributed by atoms with Crippen molar-refractivity contribution in [2.45, 2.75) is 48.2 Å². The Balaban J connectivity index is 2.08. The predicted molar refractivity (Wildman–Crippen MR) is 66.2 cm³/mol. The van der Waals surface area contributed by atoms with Gasteiger partial charge in [0.1, 0.15) is 21.9 Å². The second kappa shape index (κ2) is 6.34. The molecule has 98 valence electrons. The van der Waals surface area contributed by atoms with Gasteiger partial charge in [-0.15, -0.1) is 0 Å². The maximum Gasteiger partial charge on any atom is 0.289 e. The fraction of sp³-hybridized carbons (Fsp3) is 0.636. The molecule has 3 nitrogen and oxygen atoms in total. The van der Waals surface area contributed by atoms with E-state index in [1.807, 2.05) is 6.07 Å². The molecule has 1 aliphatic rings. The van der Waals surface area contributed by atoms with Crippen LogP contribution in [0.5, 0.6) is 5.88 Å². The number of hydrogen-bond acceptors (Lipinski definition) is 5. The van der Waals surface area contributed by atoms with Gasteiger partial charge in [0, 0.05) is 0 Å². The van der Waals surface area contributed by atoms with Crippen molar-refractivity contribution < 1.29 is 13.5 Å². The molecule has 0 saturated heterocycles. The summed E-state index contributed by atoms with van der Waals surface area (Å²) in [5, 5.41) is 9.01. The predicted octanol–water partition coefficient (Wildman–Crippen LogP) is 4.04. The lowest BCUT2D eigenvalue weighted by Crippen LogP contribution is -2.20. The van der Waals surface area contributed by atoms with Crippen LogP contribution in [0.15, 0.2) is 4.21 Å². The van der Waals surface area contributed by atoms with E-state index in [1.165, 1.54) is 6.42 Å². The number of aromatic nitrogens is 1. The molecule has 0 radical (unpaired) electrons. The molecule has 7 heteroatoms. The van der Waals surface area contributed by atoms with Crippen LogP contribution in [0.4, 0.5) is 8.78 Å². The molecule has 1 saturated carbocycles. The van der Waals surface area contributed by atoms with Crippen LogP contribution in [-0.2, 0) is 0 Å². The van der Waals surface area contributed by atoms with E-state index in [1.54, 1.807) is 0 Å². The molecule has 18 heavy (non-hydrogen) atoms. The Hall–Kier alpha value is -0.870. The van der Waals surface area contributed by atoms with Crippen molar-refractivity contribution in [2.24, 2.45) is 0 Å². The van der Waals surface area contributed by atoms with Gasteiger partial charge >= 0.3 is 0 Å². The first-order valence-corrected chi connectivity index (χ1v) is 7.37. The third-order valence-corrected chi connectivity index (χ3v) is 4.50. The monoisotopic (exact) mass is 290 g/mol. The lowest BCUT2D eigenvalue weighted by molar-refractivity contribution is 0.149. The standard InChI is InChI=1S/C11H12F2N2OS2/c12-11(13)17-10-8(6-14)9(15-18-10)16-7-4-2-1-3-5-7/h7,11H,1-5H2. The van der Waals surface area contributed by atoms with Gasteiger partial charge in [0.05, 0.1) is 0 Å². The third-order valence-electron chi connectivity index (χ3n) is 2.77. The van der Waals surface area contributed by atoms with Gasteiger partial charge in [0.25, 0.3) is 5.76 Å². The van der Waals surface area contributed by atoms with Gasteiger partial charge in [-0.1, -0.05) is 6.42 Å². The van der Waals surface area contributed by atoms with Crippen LogP contribution in [0.3, 0.4) is 0 Å². The van der Waals surface area contributed by atoms with Crippen LogP contribution in [0.25, 0.3) is 0 Å². The van der Waals surface area contributed by atoms with Crippen molar-refractivity contribution in [3.63, 3.8) is 0 Å². The lowest BCUT2D eigenvalue weighted by atomic mass is 9.98. The van der Waals surface area contributed by atoms with Gasteiger partial charge in [0.2, 0.25) is 5.88 Å². The van der Waals surface area contributed by atoms with Gasteiger partial charge in [-0.05, 0) is 49.0 Å². The highest BCUT2D eigenvalue weighted by Crippen LogP contribution is 2.37. The van der Waals surface area contributed by atoms with E-state index < -0.39 is 5.76 Å². The molecule has 1 fully saturated rings. The lowest BCUT2D eigenvalue weighted by Gasteiger charge is -2.21. The van der Waals surface area contributed by atoms with E-state index in [4.69, 9.17) is 10.00 Å². The van der Waals surface area contributed by atoms with Crippen LogP contribution in [-0.4, -0.2) is 16.2 Å². The van der Waals surface area contributed by atoms with Crippen molar-refractivity contribution >= 4 is 23.3 Å². The molecule has 0 aromatic carbocycles. The number of alkyl halides is 2. The maximum absolute atomic E-state index is 12.3. The molecule has 0 spiro atoms. The van der Waals surface area contributed by atoms with Crippen LogP contribution >= 0.6 is 23.3 Å². The Labute approximate surface area is 112 Å². The second-order valence-electron chi connectivity index (χ2n) is 4.02. The van der Waals surface area contributed by atoms with Crippen molar-refractivity contribution in [3.8, 4) is 11.9 Å². The SMILES string of the molecule is N#Cc1c(OC2CCCCC2)nsc1SC(F)F. The fourth-order valence-corrected chi connectivity index (χ4v) is 3.38. The average molecular weight is 290 g/mol. The Morgan fingerprint density at radius 2 is 2.11 bits per heavy atom. The van der Waals surface area contributed by atoms with Gasteiger partial charge < -0.3 is 4.74 Å². The molecule has 1 aromatic heterocycles. The minimum absolute atomic E-state index is 0.0670. The Morgan fingerprint density at radius 3 is 2.72 bits per heavy atom. The summed E-state index contributed by atoms with van der Waals surface area (Å²) in [6.07, 6.45) is 5.37. The van der Waals surface area contributed by atoms with E-state index in [0.717, 1.165) is 37.2 Å². The number of rotatable bonds is 4. The minimum Gasteiger partial charge on any atom is -0.473 e. The van der Waals surface area contributed by atoms with E-state index >= 15 is 0 Å². The number of nitriles is 1. The zero-order valence-electron chi connectivity index (χ0n) is 9.57. The highest BCUT2D eigenvalue weighted by molar-refractivity contribution is 8.01. The molecule has 1 aliphatic carbocycles. The summed E-state index contributed by atoms with van der Waals surface area (Å²) in [5.74, 6) is -2.32. The molecule has 0 unspecified atom stereocenters. The van der Waals surface area contributed by atoms with E-state index in [-0.39, 0.29) is 21.8 Å². The molecule has 0 aliphatic heterocycles. The number of halogens is 2. The maximum atomic E-state index is 12.3.